The van der Waals surface area contributed by atoms with E-state index in [1.54, 1.807) is 36.4 Å². The van der Waals surface area contributed by atoms with E-state index in [0.717, 1.165) is 11.3 Å². The molecule has 0 fully saturated rings. The third-order valence-electron chi connectivity index (χ3n) is 3.59. The molecular weight excluding hydrogens is 336 g/mol. The molecule has 2 aromatic rings. The van der Waals surface area contributed by atoms with Crippen LogP contribution in [0, 0.1) is 10.1 Å². The van der Waals surface area contributed by atoms with E-state index in [4.69, 9.17) is 9.57 Å². The van der Waals surface area contributed by atoms with Crippen molar-refractivity contribution in [3.05, 3.63) is 75.3 Å². The average Bonchev–Trinajstić information content (AvgIpc) is 2.97. The first-order valence-corrected chi connectivity index (χ1v) is 7.97. The first-order valence-electron chi connectivity index (χ1n) is 7.97. The molecule has 1 heterocycles. The highest BCUT2D eigenvalue weighted by Crippen LogP contribution is 2.24. The fraction of sp³-hybridized carbons (Fsp3) is 0.158. The van der Waals surface area contributed by atoms with Crippen LogP contribution in [0.5, 0.6) is 5.75 Å². The molecule has 132 valence electrons. The smallest absolute Gasteiger partial charge is 0.368 e. The third-order valence-corrected chi connectivity index (χ3v) is 3.59. The lowest BCUT2D eigenvalue weighted by Crippen LogP contribution is -2.07. The Morgan fingerprint density at radius 2 is 1.92 bits per heavy atom. The number of oxime groups is 1. The van der Waals surface area contributed by atoms with E-state index in [0.29, 0.717) is 5.56 Å². The predicted molar refractivity (Wildman–Crippen MR) is 95.9 cm³/mol. The van der Waals surface area contributed by atoms with E-state index >= 15 is 0 Å². The van der Waals surface area contributed by atoms with E-state index in [1.165, 1.54) is 18.2 Å². The Bertz CT molecular complexity index is 914. The van der Waals surface area contributed by atoms with Crippen molar-refractivity contribution in [2.45, 2.75) is 20.0 Å². The summed E-state index contributed by atoms with van der Waals surface area (Å²) in [6.45, 7) is 3.87. The highest BCUT2D eigenvalue weighted by molar-refractivity contribution is 6.31. The van der Waals surface area contributed by atoms with Crippen molar-refractivity contribution in [2.75, 3.05) is 0 Å². The molecule has 1 aliphatic heterocycles. The normalized spacial score (nSPS) is 15.1. The topological polar surface area (TPSA) is 91.0 Å². The molecule has 26 heavy (non-hydrogen) atoms. The van der Waals surface area contributed by atoms with Crippen molar-refractivity contribution in [3.63, 3.8) is 0 Å². The molecule has 3 rings (SSSR count). The Morgan fingerprint density at radius 1 is 1.19 bits per heavy atom. The molecule has 0 spiro atoms. The van der Waals surface area contributed by atoms with Gasteiger partial charge in [0.05, 0.1) is 16.6 Å². The van der Waals surface area contributed by atoms with Crippen molar-refractivity contribution in [3.8, 4) is 5.75 Å². The van der Waals surface area contributed by atoms with Crippen molar-refractivity contribution in [1.82, 2.24) is 0 Å². The second-order valence-corrected chi connectivity index (χ2v) is 5.92. The number of nitro benzene ring substituents is 1. The molecule has 0 saturated carbocycles. The Balaban J connectivity index is 1.91. The van der Waals surface area contributed by atoms with E-state index in [-0.39, 0.29) is 23.1 Å². The van der Waals surface area contributed by atoms with Gasteiger partial charge in [-0.15, -0.1) is 0 Å². The van der Waals surface area contributed by atoms with Gasteiger partial charge in [0.15, 0.2) is 0 Å². The average molecular weight is 352 g/mol. The van der Waals surface area contributed by atoms with Gasteiger partial charge in [-0.25, -0.2) is 4.79 Å². The lowest BCUT2D eigenvalue weighted by molar-refractivity contribution is -0.384. The minimum Gasteiger partial charge on any atom is -0.491 e. The second kappa shape index (κ2) is 7.18. The summed E-state index contributed by atoms with van der Waals surface area (Å²) >= 11 is 0. The van der Waals surface area contributed by atoms with Gasteiger partial charge in [-0.1, -0.05) is 29.4 Å². The summed E-state index contributed by atoms with van der Waals surface area (Å²) in [7, 11) is 0. The largest absolute Gasteiger partial charge is 0.491 e. The molecule has 0 amide bonds. The zero-order valence-corrected chi connectivity index (χ0v) is 14.2. The number of rotatable bonds is 5. The Labute approximate surface area is 149 Å². The minimum absolute atomic E-state index is 0.0663. The van der Waals surface area contributed by atoms with Gasteiger partial charge in [-0.05, 0) is 37.6 Å². The summed E-state index contributed by atoms with van der Waals surface area (Å²) in [6.07, 6.45) is 1.70. The number of non-ortho nitro benzene ring substituents is 1. The number of hydrogen-bond acceptors (Lipinski definition) is 6. The van der Waals surface area contributed by atoms with Crippen LogP contribution in [0.3, 0.4) is 0 Å². The van der Waals surface area contributed by atoms with Gasteiger partial charge in [0, 0.05) is 17.7 Å². The second-order valence-electron chi connectivity index (χ2n) is 5.92. The molecule has 2 aromatic carbocycles. The monoisotopic (exact) mass is 352 g/mol. The lowest BCUT2D eigenvalue weighted by Gasteiger charge is -2.09. The number of nitrogens with zero attached hydrogens (tertiary/aromatic N) is 2. The van der Waals surface area contributed by atoms with Gasteiger partial charge < -0.3 is 9.57 Å². The van der Waals surface area contributed by atoms with Gasteiger partial charge in [0.25, 0.3) is 5.69 Å². The first kappa shape index (κ1) is 17.3. The maximum absolute atomic E-state index is 12.0. The summed E-state index contributed by atoms with van der Waals surface area (Å²) in [6, 6.07) is 13.1. The molecule has 7 heteroatoms. The minimum atomic E-state index is -0.603. The summed E-state index contributed by atoms with van der Waals surface area (Å²) in [5.41, 5.74) is 1.62. The van der Waals surface area contributed by atoms with Gasteiger partial charge in [-0.3, -0.25) is 10.1 Å². The Morgan fingerprint density at radius 3 is 2.58 bits per heavy atom. The van der Waals surface area contributed by atoms with Crippen molar-refractivity contribution >= 4 is 23.4 Å². The SMILES string of the molecule is CC(C)Oc1ccc(C=C2C(=O)ON=C2c2cccc([N+](=O)[O-])c2)cc1. The van der Waals surface area contributed by atoms with Gasteiger partial charge in [0.1, 0.15) is 11.5 Å². The van der Waals surface area contributed by atoms with E-state index < -0.39 is 10.9 Å². The lowest BCUT2D eigenvalue weighted by atomic mass is 10.0. The Kier molecular flexibility index (Phi) is 4.79. The molecule has 0 radical (unpaired) electrons. The van der Waals surface area contributed by atoms with Crippen molar-refractivity contribution < 1.29 is 19.3 Å². The van der Waals surface area contributed by atoms with Crippen LogP contribution in [0.15, 0.2) is 59.3 Å². The molecule has 0 bridgehead atoms. The van der Waals surface area contributed by atoms with E-state index in [9.17, 15) is 14.9 Å². The standard InChI is InChI=1S/C19H16N2O5/c1-12(2)25-16-8-6-13(7-9-16)10-17-18(20-26-19(17)22)14-4-3-5-15(11-14)21(23)24/h3-12H,1-2H3. The van der Waals surface area contributed by atoms with Crippen LogP contribution in [-0.2, 0) is 9.63 Å². The van der Waals surface area contributed by atoms with Crippen LogP contribution < -0.4 is 4.74 Å². The Hall–Kier alpha value is -3.48. The fourth-order valence-electron chi connectivity index (χ4n) is 2.47. The van der Waals surface area contributed by atoms with Gasteiger partial charge in [0.2, 0.25) is 0 Å². The third kappa shape index (κ3) is 3.77. The summed E-state index contributed by atoms with van der Waals surface area (Å²) in [5, 5.41) is 14.7. The summed E-state index contributed by atoms with van der Waals surface area (Å²) < 4.78 is 5.59. The molecule has 0 aromatic heterocycles. The first-order chi connectivity index (χ1) is 12.4. The van der Waals surface area contributed by atoms with Crippen LogP contribution in [0.1, 0.15) is 25.0 Å². The summed E-state index contributed by atoms with van der Waals surface area (Å²) in [4.78, 5) is 27.3. The molecule has 0 atom stereocenters. The zero-order valence-electron chi connectivity index (χ0n) is 14.2. The molecule has 1 aliphatic rings. The number of carbonyl (C=O) groups excluding carboxylic acids is 1. The number of nitro groups is 1. The van der Waals surface area contributed by atoms with Gasteiger partial charge in [-0.2, -0.15) is 0 Å². The molecule has 0 unspecified atom stereocenters. The van der Waals surface area contributed by atoms with Crippen molar-refractivity contribution in [1.29, 1.82) is 0 Å². The van der Waals surface area contributed by atoms with Crippen LogP contribution in [-0.4, -0.2) is 22.7 Å². The van der Waals surface area contributed by atoms with Crippen LogP contribution >= 0.6 is 0 Å². The maximum atomic E-state index is 12.0. The zero-order chi connectivity index (χ0) is 18.7. The number of hydrogen-bond donors (Lipinski definition) is 0. The van der Waals surface area contributed by atoms with E-state index in [1.807, 2.05) is 13.8 Å². The van der Waals surface area contributed by atoms with Crippen LogP contribution in [0.2, 0.25) is 0 Å². The summed E-state index contributed by atoms with van der Waals surface area (Å²) in [5.74, 6) is 0.123. The molecule has 7 nitrogen and oxygen atoms in total. The highest BCUT2D eigenvalue weighted by Gasteiger charge is 2.27. The highest BCUT2D eigenvalue weighted by atomic mass is 16.7. The molecule has 0 aliphatic carbocycles. The van der Waals surface area contributed by atoms with Crippen LogP contribution in [0.4, 0.5) is 5.69 Å². The number of ether oxygens (including phenoxy) is 1. The fourth-order valence-corrected chi connectivity index (χ4v) is 2.47. The predicted octanol–water partition coefficient (Wildman–Crippen LogP) is 3.73. The number of carbonyl (C=O) groups is 1. The molecule has 0 N–H and O–H groups in total. The van der Waals surface area contributed by atoms with Gasteiger partial charge >= 0.3 is 5.97 Å². The molecule has 0 saturated heterocycles. The maximum Gasteiger partial charge on any atom is 0.368 e. The van der Waals surface area contributed by atoms with Crippen LogP contribution in [0.25, 0.3) is 6.08 Å². The van der Waals surface area contributed by atoms with Crippen molar-refractivity contribution in [2.24, 2.45) is 5.16 Å². The quantitative estimate of drug-likeness (QED) is 0.354. The molecular formula is C19H16N2O5. The van der Waals surface area contributed by atoms with E-state index in [2.05, 4.69) is 5.16 Å². The number of benzene rings is 2.